The third kappa shape index (κ3) is 6.48. The van der Waals surface area contributed by atoms with Crippen LogP contribution < -0.4 is 5.48 Å². The van der Waals surface area contributed by atoms with Crippen molar-refractivity contribution >= 4 is 14.0 Å². The Labute approximate surface area is 135 Å². The van der Waals surface area contributed by atoms with Gasteiger partial charge in [-0.05, 0) is 43.1 Å². The molecule has 0 fully saturated rings. The Bertz CT molecular complexity index is 418. The van der Waals surface area contributed by atoms with Crippen molar-refractivity contribution in [1.29, 1.82) is 0 Å². The number of hydrogen-bond acceptors (Lipinski definition) is 4. The molecule has 0 spiro atoms. The van der Waals surface area contributed by atoms with Crippen molar-refractivity contribution in [1.82, 2.24) is 0 Å². The fourth-order valence-electron chi connectivity index (χ4n) is 1.70. The van der Waals surface area contributed by atoms with Gasteiger partial charge in [-0.2, -0.15) is 0 Å². The summed E-state index contributed by atoms with van der Waals surface area (Å²) in [5, 5.41) is 9.63. The molecule has 0 aliphatic rings. The summed E-state index contributed by atoms with van der Waals surface area (Å²) in [5.41, 5.74) is 3.77. The molecular formula is C17H31NO3Si. The van der Waals surface area contributed by atoms with Crippen LogP contribution in [0.3, 0.4) is 0 Å². The zero-order valence-electron chi connectivity index (χ0n) is 14.6. The highest BCUT2D eigenvalue weighted by atomic mass is 28.4. The van der Waals surface area contributed by atoms with Gasteiger partial charge in [0.15, 0.2) is 8.32 Å². The van der Waals surface area contributed by atoms with Crippen LogP contribution in [-0.4, -0.2) is 32.7 Å². The van der Waals surface area contributed by atoms with E-state index in [9.17, 15) is 5.11 Å². The predicted molar refractivity (Wildman–Crippen MR) is 94.4 cm³/mol. The van der Waals surface area contributed by atoms with Crippen LogP contribution in [0.2, 0.25) is 18.1 Å². The summed E-state index contributed by atoms with van der Waals surface area (Å²) in [4.78, 5) is 5.53. The van der Waals surface area contributed by atoms with Gasteiger partial charge in [-0.3, -0.25) is 10.3 Å². The smallest absolute Gasteiger partial charge is 0.191 e. The van der Waals surface area contributed by atoms with Crippen LogP contribution >= 0.6 is 0 Å². The van der Waals surface area contributed by atoms with Gasteiger partial charge in [-0.25, -0.2) is 0 Å². The Morgan fingerprint density at radius 1 is 1.18 bits per heavy atom. The number of aliphatic hydroxyl groups is 1. The number of hydrogen-bond donors (Lipinski definition) is 2. The second-order valence-electron chi connectivity index (χ2n) is 7.14. The molecule has 0 heterocycles. The standard InChI is InChI=1S/C17H31NO3Si/c1-17(2,3)22(4,5)20-13-9-12-16(14-19)21-18-15-10-7-6-8-11-15/h6-8,10-11,16,18-19H,9,12-14H2,1-5H3/t16-/m0/s1. The summed E-state index contributed by atoms with van der Waals surface area (Å²) in [6.45, 7) is 11.9. The van der Waals surface area contributed by atoms with Crippen molar-refractivity contribution in [3.8, 4) is 0 Å². The first-order chi connectivity index (χ1) is 10.3. The Morgan fingerprint density at radius 2 is 1.82 bits per heavy atom. The minimum Gasteiger partial charge on any atom is -0.417 e. The summed E-state index contributed by atoms with van der Waals surface area (Å²) >= 11 is 0. The van der Waals surface area contributed by atoms with Crippen molar-refractivity contribution in [2.75, 3.05) is 18.7 Å². The topological polar surface area (TPSA) is 50.7 Å². The van der Waals surface area contributed by atoms with Crippen LogP contribution in [0.25, 0.3) is 0 Å². The molecule has 5 heteroatoms. The van der Waals surface area contributed by atoms with E-state index in [1.54, 1.807) is 0 Å². The summed E-state index contributed by atoms with van der Waals surface area (Å²) in [5.74, 6) is 0. The molecule has 0 saturated heterocycles. The van der Waals surface area contributed by atoms with E-state index in [0.29, 0.717) is 0 Å². The maximum Gasteiger partial charge on any atom is 0.191 e. The lowest BCUT2D eigenvalue weighted by Gasteiger charge is -2.36. The van der Waals surface area contributed by atoms with Crippen LogP contribution in [-0.2, 0) is 9.26 Å². The highest BCUT2D eigenvalue weighted by Gasteiger charge is 2.36. The minimum absolute atomic E-state index is 0.0000736. The molecule has 0 saturated carbocycles. The SMILES string of the molecule is CC(C)(C)[Si](C)(C)OCCC[C@@H](CO)ONc1ccccc1. The van der Waals surface area contributed by atoms with Gasteiger partial charge in [0.05, 0.1) is 12.3 Å². The average molecular weight is 326 g/mol. The Morgan fingerprint density at radius 3 is 2.36 bits per heavy atom. The number of rotatable bonds is 9. The van der Waals surface area contributed by atoms with Crippen molar-refractivity contribution < 1.29 is 14.4 Å². The van der Waals surface area contributed by atoms with Gasteiger partial charge in [-0.1, -0.05) is 39.0 Å². The van der Waals surface area contributed by atoms with E-state index in [1.165, 1.54) is 0 Å². The van der Waals surface area contributed by atoms with Gasteiger partial charge < -0.3 is 9.53 Å². The van der Waals surface area contributed by atoms with Crippen LogP contribution in [0.1, 0.15) is 33.6 Å². The van der Waals surface area contributed by atoms with Gasteiger partial charge in [0, 0.05) is 6.61 Å². The maximum absolute atomic E-state index is 9.40. The Kier molecular flexibility index (Phi) is 7.55. The highest BCUT2D eigenvalue weighted by molar-refractivity contribution is 6.74. The van der Waals surface area contributed by atoms with E-state index < -0.39 is 8.32 Å². The third-order valence-corrected chi connectivity index (χ3v) is 8.80. The molecule has 0 radical (unpaired) electrons. The van der Waals surface area contributed by atoms with Gasteiger partial charge in [0.2, 0.25) is 0 Å². The van der Waals surface area contributed by atoms with E-state index >= 15 is 0 Å². The van der Waals surface area contributed by atoms with E-state index in [0.717, 1.165) is 25.1 Å². The molecule has 0 aromatic heterocycles. The minimum atomic E-state index is -1.68. The monoisotopic (exact) mass is 325 g/mol. The first kappa shape index (κ1) is 19.2. The molecule has 0 amide bonds. The van der Waals surface area contributed by atoms with Gasteiger partial charge in [-0.15, -0.1) is 0 Å². The van der Waals surface area contributed by atoms with Crippen molar-refractivity contribution in [3.63, 3.8) is 0 Å². The lowest BCUT2D eigenvalue weighted by atomic mass is 10.2. The zero-order chi connectivity index (χ0) is 16.6. The Balaban J connectivity index is 2.27. The summed E-state index contributed by atoms with van der Waals surface area (Å²) in [7, 11) is -1.68. The molecule has 0 aliphatic heterocycles. The number of benzene rings is 1. The number of anilines is 1. The van der Waals surface area contributed by atoms with E-state index in [4.69, 9.17) is 9.26 Å². The van der Waals surface area contributed by atoms with Crippen molar-refractivity contribution in [2.45, 2.75) is 57.8 Å². The van der Waals surface area contributed by atoms with Crippen LogP contribution in [0.15, 0.2) is 30.3 Å². The lowest BCUT2D eigenvalue weighted by Crippen LogP contribution is -2.41. The molecule has 126 valence electrons. The summed E-state index contributed by atoms with van der Waals surface area (Å²) in [6, 6.07) is 9.68. The average Bonchev–Trinajstić information content (AvgIpc) is 2.46. The summed E-state index contributed by atoms with van der Waals surface area (Å²) in [6.07, 6.45) is 1.43. The normalized spacial score (nSPS) is 13.9. The maximum atomic E-state index is 9.40. The molecule has 4 nitrogen and oxygen atoms in total. The number of para-hydroxylation sites is 1. The first-order valence-electron chi connectivity index (χ1n) is 7.98. The molecule has 0 aliphatic carbocycles. The molecule has 1 aromatic rings. The second kappa shape index (κ2) is 8.67. The largest absolute Gasteiger partial charge is 0.417 e. The molecular weight excluding hydrogens is 294 g/mol. The highest BCUT2D eigenvalue weighted by Crippen LogP contribution is 2.36. The number of nitrogens with one attached hydrogen (secondary N) is 1. The lowest BCUT2D eigenvalue weighted by molar-refractivity contribution is 0.0373. The fraction of sp³-hybridized carbons (Fsp3) is 0.647. The molecule has 0 bridgehead atoms. The van der Waals surface area contributed by atoms with Gasteiger partial charge >= 0.3 is 0 Å². The van der Waals surface area contributed by atoms with Crippen molar-refractivity contribution in [3.05, 3.63) is 30.3 Å². The predicted octanol–water partition coefficient (Wildman–Crippen LogP) is 4.19. The molecule has 0 unspecified atom stereocenters. The second-order valence-corrected chi connectivity index (χ2v) is 12.0. The van der Waals surface area contributed by atoms with E-state index in [-0.39, 0.29) is 17.7 Å². The molecule has 1 atom stereocenters. The zero-order valence-corrected chi connectivity index (χ0v) is 15.6. The van der Waals surface area contributed by atoms with Gasteiger partial charge in [0.1, 0.15) is 6.10 Å². The van der Waals surface area contributed by atoms with E-state index in [2.05, 4.69) is 39.3 Å². The van der Waals surface area contributed by atoms with E-state index in [1.807, 2.05) is 30.3 Å². The first-order valence-corrected chi connectivity index (χ1v) is 10.9. The quantitative estimate of drug-likeness (QED) is 0.406. The molecule has 1 rings (SSSR count). The fourth-order valence-corrected chi connectivity index (χ4v) is 2.79. The van der Waals surface area contributed by atoms with Gasteiger partial charge in [0.25, 0.3) is 0 Å². The van der Waals surface area contributed by atoms with Crippen molar-refractivity contribution in [2.24, 2.45) is 0 Å². The molecule has 22 heavy (non-hydrogen) atoms. The molecule has 2 N–H and O–H groups in total. The summed E-state index contributed by atoms with van der Waals surface area (Å²) < 4.78 is 6.13. The Hall–Kier alpha value is -0.883. The third-order valence-electron chi connectivity index (χ3n) is 4.26. The van der Waals surface area contributed by atoms with Crippen LogP contribution in [0, 0.1) is 0 Å². The van der Waals surface area contributed by atoms with Crippen LogP contribution in [0.4, 0.5) is 5.69 Å². The number of aliphatic hydroxyl groups excluding tert-OH is 1. The van der Waals surface area contributed by atoms with Crippen LogP contribution in [0.5, 0.6) is 0 Å². The molecule has 1 aromatic carbocycles.